The lowest BCUT2D eigenvalue weighted by Crippen LogP contribution is -2.40. The number of nitrogens with zero attached hydrogens (tertiary/aromatic N) is 2. The molecule has 1 aromatic carbocycles. The maximum atomic E-state index is 12.9. The smallest absolute Gasteiger partial charge is 0.274 e. The average Bonchev–Trinajstić information content (AvgIpc) is 2.64. The number of rotatable bonds is 3. The quantitative estimate of drug-likeness (QED) is 0.934. The van der Waals surface area contributed by atoms with E-state index in [-0.39, 0.29) is 17.4 Å². The third kappa shape index (κ3) is 3.75. The highest BCUT2D eigenvalue weighted by Crippen LogP contribution is 2.12. The summed E-state index contributed by atoms with van der Waals surface area (Å²) >= 11 is 0. The molecule has 124 valence electrons. The fourth-order valence-electron chi connectivity index (χ4n) is 2.37. The van der Waals surface area contributed by atoms with Gasteiger partial charge in [0, 0.05) is 30.5 Å². The molecular formula is C17H16FN3O3. The largest absolute Gasteiger partial charge is 0.378 e. The number of carbonyl (C=O) groups excluding carboxylic acids is 2. The molecule has 0 saturated carbocycles. The van der Waals surface area contributed by atoms with Crippen LogP contribution in [0.3, 0.4) is 0 Å². The van der Waals surface area contributed by atoms with Crippen molar-refractivity contribution in [2.24, 2.45) is 0 Å². The molecule has 7 heteroatoms. The molecule has 1 fully saturated rings. The summed E-state index contributed by atoms with van der Waals surface area (Å²) < 4.78 is 18.1. The van der Waals surface area contributed by atoms with Gasteiger partial charge in [-0.05, 0) is 36.4 Å². The molecule has 0 spiro atoms. The molecule has 0 unspecified atom stereocenters. The summed E-state index contributed by atoms with van der Waals surface area (Å²) in [6.07, 6.45) is 1.42. The van der Waals surface area contributed by atoms with Crippen LogP contribution < -0.4 is 5.32 Å². The third-order valence-corrected chi connectivity index (χ3v) is 3.64. The molecule has 0 bridgehead atoms. The number of nitrogens with one attached hydrogen (secondary N) is 1. The zero-order valence-corrected chi connectivity index (χ0v) is 12.9. The van der Waals surface area contributed by atoms with Crippen molar-refractivity contribution in [2.45, 2.75) is 0 Å². The molecule has 0 aliphatic carbocycles. The molecule has 1 aliphatic rings. The van der Waals surface area contributed by atoms with Gasteiger partial charge in [-0.3, -0.25) is 14.6 Å². The normalized spacial score (nSPS) is 14.3. The van der Waals surface area contributed by atoms with E-state index >= 15 is 0 Å². The van der Waals surface area contributed by atoms with Crippen molar-refractivity contribution in [3.63, 3.8) is 0 Å². The van der Waals surface area contributed by atoms with E-state index in [1.54, 1.807) is 11.0 Å². The van der Waals surface area contributed by atoms with Crippen molar-refractivity contribution in [1.82, 2.24) is 9.88 Å². The van der Waals surface area contributed by atoms with E-state index in [0.717, 1.165) is 0 Å². The summed E-state index contributed by atoms with van der Waals surface area (Å²) in [7, 11) is 0. The number of halogens is 1. The highest BCUT2D eigenvalue weighted by molar-refractivity contribution is 6.04. The minimum absolute atomic E-state index is 0.124. The summed E-state index contributed by atoms with van der Waals surface area (Å²) in [6.45, 7) is 2.07. The summed E-state index contributed by atoms with van der Waals surface area (Å²) in [5.41, 5.74) is 0.975. The number of ether oxygens (including phenoxy) is 1. The summed E-state index contributed by atoms with van der Waals surface area (Å²) in [5, 5.41) is 2.62. The van der Waals surface area contributed by atoms with E-state index in [1.165, 1.54) is 36.5 Å². The molecule has 1 aliphatic heterocycles. The average molecular weight is 329 g/mol. The van der Waals surface area contributed by atoms with Crippen molar-refractivity contribution in [1.29, 1.82) is 0 Å². The topological polar surface area (TPSA) is 71.5 Å². The van der Waals surface area contributed by atoms with Crippen molar-refractivity contribution < 1.29 is 18.7 Å². The van der Waals surface area contributed by atoms with Gasteiger partial charge in [0.15, 0.2) is 0 Å². The molecule has 2 aromatic rings. The standard InChI is InChI=1S/C17H16FN3O3/c18-13-1-3-14(4-2-13)20-16(22)15-11-12(5-6-19-15)17(23)21-7-9-24-10-8-21/h1-6,11H,7-10H2,(H,20,22). The van der Waals surface area contributed by atoms with Gasteiger partial charge in [0.25, 0.3) is 11.8 Å². The lowest BCUT2D eigenvalue weighted by Gasteiger charge is -2.26. The molecule has 2 amide bonds. The van der Waals surface area contributed by atoms with Gasteiger partial charge < -0.3 is 15.0 Å². The molecule has 1 aromatic heterocycles. The molecule has 1 N–H and O–H groups in total. The molecule has 0 radical (unpaired) electrons. The van der Waals surface area contributed by atoms with Crippen LogP contribution in [0, 0.1) is 5.82 Å². The first-order valence-electron chi connectivity index (χ1n) is 7.53. The maximum absolute atomic E-state index is 12.9. The van der Waals surface area contributed by atoms with Crippen molar-refractivity contribution in [2.75, 3.05) is 31.6 Å². The van der Waals surface area contributed by atoms with E-state index in [0.29, 0.717) is 37.6 Å². The van der Waals surface area contributed by atoms with E-state index in [4.69, 9.17) is 4.74 Å². The van der Waals surface area contributed by atoms with Gasteiger partial charge in [0.05, 0.1) is 13.2 Å². The van der Waals surface area contributed by atoms with Crippen LogP contribution in [0.25, 0.3) is 0 Å². The number of hydrogen-bond donors (Lipinski definition) is 1. The number of aromatic nitrogens is 1. The third-order valence-electron chi connectivity index (χ3n) is 3.64. The molecule has 0 atom stereocenters. The summed E-state index contributed by atoms with van der Waals surface area (Å²) in [6, 6.07) is 8.44. The maximum Gasteiger partial charge on any atom is 0.274 e. The number of hydrogen-bond acceptors (Lipinski definition) is 4. The number of pyridine rings is 1. The van der Waals surface area contributed by atoms with Gasteiger partial charge in [-0.25, -0.2) is 4.39 Å². The predicted octanol–water partition coefficient (Wildman–Crippen LogP) is 1.95. The minimum Gasteiger partial charge on any atom is -0.378 e. The monoisotopic (exact) mass is 329 g/mol. The Balaban J connectivity index is 1.73. The van der Waals surface area contributed by atoms with Crippen molar-refractivity contribution in [3.05, 3.63) is 59.7 Å². The molecule has 6 nitrogen and oxygen atoms in total. The second-order valence-corrected chi connectivity index (χ2v) is 5.30. The van der Waals surface area contributed by atoms with Gasteiger partial charge in [0.1, 0.15) is 11.5 Å². The van der Waals surface area contributed by atoms with Crippen LogP contribution in [0.4, 0.5) is 10.1 Å². The molecule has 1 saturated heterocycles. The Labute approximate surface area is 138 Å². The van der Waals surface area contributed by atoms with Gasteiger partial charge in [-0.15, -0.1) is 0 Å². The van der Waals surface area contributed by atoms with Crippen LogP contribution in [-0.4, -0.2) is 48.0 Å². The highest BCUT2D eigenvalue weighted by Gasteiger charge is 2.20. The Hall–Kier alpha value is -2.80. The summed E-state index contributed by atoms with van der Waals surface area (Å²) in [5.74, 6) is -1.00. The van der Waals surface area contributed by atoms with Crippen LogP contribution in [-0.2, 0) is 4.74 Å². The summed E-state index contributed by atoms with van der Waals surface area (Å²) in [4.78, 5) is 30.4. The van der Waals surface area contributed by atoms with E-state index in [2.05, 4.69) is 10.3 Å². The number of benzene rings is 1. The molecule has 3 rings (SSSR count). The van der Waals surface area contributed by atoms with Crippen LogP contribution >= 0.6 is 0 Å². The Bertz CT molecular complexity index is 743. The van der Waals surface area contributed by atoms with E-state index in [9.17, 15) is 14.0 Å². The molecular weight excluding hydrogens is 313 g/mol. The molecule has 2 heterocycles. The number of anilines is 1. The Morgan fingerprint density at radius 2 is 1.83 bits per heavy atom. The van der Waals surface area contributed by atoms with Crippen molar-refractivity contribution >= 4 is 17.5 Å². The Morgan fingerprint density at radius 3 is 2.54 bits per heavy atom. The van der Waals surface area contributed by atoms with Crippen LogP contribution in [0.1, 0.15) is 20.8 Å². The van der Waals surface area contributed by atoms with Gasteiger partial charge in [-0.2, -0.15) is 0 Å². The highest BCUT2D eigenvalue weighted by atomic mass is 19.1. The van der Waals surface area contributed by atoms with E-state index in [1.807, 2.05) is 0 Å². The first kappa shape index (κ1) is 16.1. The predicted molar refractivity (Wildman–Crippen MR) is 85.3 cm³/mol. The van der Waals surface area contributed by atoms with Gasteiger partial charge in [-0.1, -0.05) is 0 Å². The van der Waals surface area contributed by atoms with Crippen LogP contribution in [0.2, 0.25) is 0 Å². The Morgan fingerprint density at radius 1 is 1.12 bits per heavy atom. The lowest BCUT2D eigenvalue weighted by molar-refractivity contribution is 0.0303. The minimum atomic E-state index is -0.460. The van der Waals surface area contributed by atoms with Crippen molar-refractivity contribution in [3.8, 4) is 0 Å². The second-order valence-electron chi connectivity index (χ2n) is 5.30. The first-order valence-corrected chi connectivity index (χ1v) is 7.53. The van der Waals surface area contributed by atoms with Crippen LogP contribution in [0.15, 0.2) is 42.6 Å². The second kappa shape index (κ2) is 7.18. The fourth-order valence-corrected chi connectivity index (χ4v) is 2.37. The fraction of sp³-hybridized carbons (Fsp3) is 0.235. The SMILES string of the molecule is O=C(Nc1ccc(F)cc1)c1cc(C(=O)N2CCOCC2)ccn1. The molecule has 24 heavy (non-hydrogen) atoms. The number of carbonyl (C=O) groups is 2. The van der Waals surface area contributed by atoms with Gasteiger partial charge in [0.2, 0.25) is 0 Å². The lowest BCUT2D eigenvalue weighted by atomic mass is 10.2. The zero-order valence-electron chi connectivity index (χ0n) is 12.9. The van der Waals surface area contributed by atoms with Crippen LogP contribution in [0.5, 0.6) is 0 Å². The van der Waals surface area contributed by atoms with Gasteiger partial charge >= 0.3 is 0 Å². The Kier molecular flexibility index (Phi) is 4.81. The number of morpholine rings is 1. The zero-order chi connectivity index (χ0) is 16.9. The number of amides is 2. The first-order chi connectivity index (χ1) is 11.6. The van der Waals surface area contributed by atoms with E-state index < -0.39 is 5.91 Å².